The van der Waals surface area contributed by atoms with E-state index in [4.69, 9.17) is 4.98 Å². The minimum atomic E-state index is -0.0483. The van der Waals surface area contributed by atoms with Gasteiger partial charge in [-0.1, -0.05) is 74.5 Å². The number of rotatable bonds is 2. The molecule has 3 heterocycles. The van der Waals surface area contributed by atoms with Gasteiger partial charge in [-0.05, 0) is 82.9 Å². The van der Waals surface area contributed by atoms with Gasteiger partial charge in [0, 0.05) is 39.1 Å². The van der Waals surface area contributed by atoms with Gasteiger partial charge in [0.2, 0.25) is 0 Å². The fraction of sp³-hybridized carbons (Fsp3) is 0.0789. The fourth-order valence-corrected chi connectivity index (χ4v) is 7.26. The molecule has 1 aliphatic carbocycles. The molecule has 194 valence electrons. The van der Waals surface area contributed by atoms with Crippen LogP contribution in [0.15, 0.2) is 128 Å². The summed E-state index contributed by atoms with van der Waals surface area (Å²) in [6, 6.07) is 44.2. The zero-order valence-corrected chi connectivity index (χ0v) is 23.0. The van der Waals surface area contributed by atoms with Crippen molar-refractivity contribution in [1.29, 1.82) is 0 Å². The monoisotopic (exact) mass is 525 g/mol. The second kappa shape index (κ2) is 7.96. The number of fused-ring (bicyclic) bond motifs is 9. The highest BCUT2D eigenvalue weighted by Gasteiger charge is 2.36. The molecule has 3 nitrogen and oxygen atoms in total. The first kappa shape index (κ1) is 22.6. The topological polar surface area (TPSA) is 22.8 Å². The lowest BCUT2D eigenvalue weighted by atomic mass is 9.82. The summed E-state index contributed by atoms with van der Waals surface area (Å²) in [6.45, 7) is 4.67. The van der Waals surface area contributed by atoms with Crippen molar-refractivity contribution in [2.24, 2.45) is 0 Å². The van der Waals surface area contributed by atoms with Crippen molar-refractivity contribution in [1.82, 2.24) is 14.1 Å². The molecule has 0 saturated heterocycles. The molecule has 0 spiro atoms. The van der Waals surface area contributed by atoms with Crippen molar-refractivity contribution in [2.75, 3.05) is 0 Å². The molecule has 41 heavy (non-hydrogen) atoms. The fourth-order valence-electron chi connectivity index (χ4n) is 7.26. The molecule has 0 bridgehead atoms. The van der Waals surface area contributed by atoms with Gasteiger partial charge < -0.3 is 9.13 Å². The Morgan fingerprint density at radius 1 is 0.488 bits per heavy atom. The van der Waals surface area contributed by atoms with Crippen molar-refractivity contribution in [3.05, 3.63) is 139 Å². The first-order valence-electron chi connectivity index (χ1n) is 14.2. The Bertz CT molecular complexity index is 2280. The average molecular weight is 526 g/mol. The van der Waals surface area contributed by atoms with Gasteiger partial charge in [-0.2, -0.15) is 0 Å². The van der Waals surface area contributed by atoms with Crippen LogP contribution in [-0.2, 0) is 5.41 Å². The van der Waals surface area contributed by atoms with Crippen molar-refractivity contribution in [3.63, 3.8) is 0 Å². The average Bonchev–Trinajstić information content (AvgIpc) is 3.60. The van der Waals surface area contributed by atoms with Gasteiger partial charge in [0.25, 0.3) is 0 Å². The predicted molar refractivity (Wildman–Crippen MR) is 170 cm³/mol. The second-order valence-corrected chi connectivity index (χ2v) is 11.7. The summed E-state index contributed by atoms with van der Waals surface area (Å²) in [5.41, 5.74) is 13.5. The minimum Gasteiger partial charge on any atom is -0.309 e. The number of hydrogen-bond acceptors (Lipinski definition) is 1. The van der Waals surface area contributed by atoms with Crippen LogP contribution in [0.5, 0.6) is 0 Å². The molecular weight excluding hydrogens is 498 g/mol. The van der Waals surface area contributed by atoms with E-state index in [1.807, 2.05) is 12.3 Å². The molecule has 8 aromatic rings. The molecule has 0 saturated carbocycles. The Hall–Kier alpha value is -5.15. The van der Waals surface area contributed by atoms with E-state index < -0.39 is 0 Å². The van der Waals surface area contributed by atoms with Crippen molar-refractivity contribution in [2.45, 2.75) is 19.3 Å². The van der Waals surface area contributed by atoms with Crippen molar-refractivity contribution in [3.8, 4) is 22.5 Å². The van der Waals surface area contributed by atoms with Gasteiger partial charge in [0.05, 0.1) is 27.6 Å². The third-order valence-electron chi connectivity index (χ3n) is 9.17. The van der Waals surface area contributed by atoms with Gasteiger partial charge in [-0.3, -0.25) is 4.98 Å². The zero-order valence-electron chi connectivity index (χ0n) is 23.0. The predicted octanol–water partition coefficient (Wildman–Crippen LogP) is 9.58. The van der Waals surface area contributed by atoms with Crippen LogP contribution in [-0.4, -0.2) is 14.1 Å². The Balaban J connectivity index is 1.28. The number of hydrogen-bond donors (Lipinski definition) is 0. The van der Waals surface area contributed by atoms with Crippen LogP contribution >= 0.6 is 0 Å². The number of pyridine rings is 1. The van der Waals surface area contributed by atoms with Gasteiger partial charge in [-0.15, -0.1) is 0 Å². The smallest absolute Gasteiger partial charge is 0.0963 e. The molecule has 3 aromatic heterocycles. The maximum absolute atomic E-state index is 4.88. The largest absolute Gasteiger partial charge is 0.309 e. The van der Waals surface area contributed by atoms with Crippen LogP contribution < -0.4 is 0 Å². The highest BCUT2D eigenvalue weighted by Crippen LogP contribution is 2.50. The summed E-state index contributed by atoms with van der Waals surface area (Å²) in [4.78, 5) is 4.88. The van der Waals surface area contributed by atoms with Gasteiger partial charge in [0.15, 0.2) is 0 Å². The molecule has 1 aliphatic rings. The molecule has 0 atom stereocenters. The zero-order chi connectivity index (χ0) is 27.3. The third-order valence-corrected chi connectivity index (χ3v) is 9.17. The summed E-state index contributed by atoms with van der Waals surface area (Å²) < 4.78 is 4.75. The van der Waals surface area contributed by atoms with E-state index in [1.54, 1.807) is 0 Å². The third kappa shape index (κ3) is 2.95. The molecule has 0 fully saturated rings. The van der Waals surface area contributed by atoms with Gasteiger partial charge in [-0.25, -0.2) is 0 Å². The normalized spacial score (nSPS) is 13.8. The molecule has 9 rings (SSSR count). The SMILES string of the molecule is CC1(C)c2ccccc2-c2cc3c(cc21)c1ncccc1n3-c1ccc(-n2c3ccccc3c3ccccc32)cc1. The van der Waals surface area contributed by atoms with E-state index >= 15 is 0 Å². The minimum absolute atomic E-state index is 0.0483. The maximum Gasteiger partial charge on any atom is 0.0963 e. The maximum atomic E-state index is 4.88. The number of nitrogens with zero attached hydrogens (tertiary/aromatic N) is 3. The van der Waals surface area contributed by atoms with E-state index in [-0.39, 0.29) is 5.41 Å². The molecule has 5 aromatic carbocycles. The number of benzene rings is 5. The van der Waals surface area contributed by atoms with Crippen LogP contribution in [0.4, 0.5) is 0 Å². The van der Waals surface area contributed by atoms with Crippen LogP contribution in [0.3, 0.4) is 0 Å². The Kier molecular flexibility index (Phi) is 4.39. The molecule has 0 N–H and O–H groups in total. The molecule has 0 radical (unpaired) electrons. The Morgan fingerprint density at radius 2 is 1.07 bits per heavy atom. The van der Waals surface area contributed by atoms with E-state index in [9.17, 15) is 0 Å². The summed E-state index contributed by atoms with van der Waals surface area (Å²) in [5, 5.41) is 3.75. The summed E-state index contributed by atoms with van der Waals surface area (Å²) in [5.74, 6) is 0. The summed E-state index contributed by atoms with van der Waals surface area (Å²) in [7, 11) is 0. The first-order chi connectivity index (χ1) is 20.1. The number of aromatic nitrogens is 3. The quantitative estimate of drug-likeness (QED) is 0.220. The molecular formula is C38H27N3. The molecule has 0 amide bonds. The second-order valence-electron chi connectivity index (χ2n) is 11.7. The van der Waals surface area contributed by atoms with Crippen LogP contribution in [0.25, 0.3) is 66.2 Å². The number of para-hydroxylation sites is 2. The van der Waals surface area contributed by atoms with Crippen LogP contribution in [0, 0.1) is 0 Å². The van der Waals surface area contributed by atoms with Crippen molar-refractivity contribution >= 4 is 43.7 Å². The van der Waals surface area contributed by atoms with E-state index in [1.165, 1.54) is 55.0 Å². The standard InChI is InChI=1S/C38H27N3/c1-38(2)31-13-6-3-10-26(31)29-23-36-30(22-32(29)38)37-35(16-9-21-39-37)41(36)25-19-17-24(18-20-25)40-33-14-7-4-11-27(33)28-12-5-8-15-34(28)40/h3-23H,1-2H3. The van der Waals surface area contributed by atoms with Crippen LogP contribution in [0.2, 0.25) is 0 Å². The van der Waals surface area contributed by atoms with Gasteiger partial charge >= 0.3 is 0 Å². The lowest BCUT2D eigenvalue weighted by Crippen LogP contribution is -2.14. The van der Waals surface area contributed by atoms with Crippen LogP contribution in [0.1, 0.15) is 25.0 Å². The summed E-state index contributed by atoms with van der Waals surface area (Å²) in [6.07, 6.45) is 1.91. The lowest BCUT2D eigenvalue weighted by Gasteiger charge is -2.21. The van der Waals surface area contributed by atoms with Crippen molar-refractivity contribution < 1.29 is 0 Å². The first-order valence-corrected chi connectivity index (χ1v) is 14.2. The Morgan fingerprint density at radius 3 is 1.78 bits per heavy atom. The highest BCUT2D eigenvalue weighted by molar-refractivity contribution is 6.10. The lowest BCUT2D eigenvalue weighted by molar-refractivity contribution is 0.661. The Labute approximate surface area is 237 Å². The molecule has 3 heteroatoms. The van der Waals surface area contributed by atoms with E-state index in [0.717, 1.165) is 22.4 Å². The molecule has 0 aliphatic heterocycles. The summed E-state index contributed by atoms with van der Waals surface area (Å²) >= 11 is 0. The highest BCUT2D eigenvalue weighted by atomic mass is 15.0. The van der Waals surface area contributed by atoms with Gasteiger partial charge in [0.1, 0.15) is 0 Å². The van der Waals surface area contributed by atoms with E-state index in [2.05, 4.69) is 138 Å². The van der Waals surface area contributed by atoms with E-state index in [0.29, 0.717) is 0 Å². The molecule has 0 unspecified atom stereocenters.